The minimum Gasteiger partial charge on any atom is -0.495 e. The molecule has 1 saturated carbocycles. The Morgan fingerprint density at radius 3 is 2.58 bits per heavy atom. The van der Waals surface area contributed by atoms with Crippen LogP contribution in [-0.4, -0.2) is 18.3 Å². The van der Waals surface area contributed by atoms with Crippen molar-refractivity contribution in [2.45, 2.75) is 25.0 Å². The van der Waals surface area contributed by atoms with Crippen LogP contribution in [0.2, 0.25) is 0 Å². The normalized spacial score (nSPS) is 16.1. The van der Waals surface area contributed by atoms with Crippen LogP contribution in [0.5, 0.6) is 11.5 Å². The van der Waals surface area contributed by atoms with E-state index >= 15 is 0 Å². The summed E-state index contributed by atoms with van der Waals surface area (Å²) in [6.45, 7) is 0. The summed E-state index contributed by atoms with van der Waals surface area (Å²) in [6, 6.07) is 9.50. The standard InChI is InChI=1S/C15H16O3S/c1-17-13-8-9-19-15(13)14(16)10-2-4-11(5-3-10)18-12-6-7-12/h2-5,8-9,12,14,16H,6-7H2,1H3. The van der Waals surface area contributed by atoms with Crippen molar-refractivity contribution in [2.75, 3.05) is 7.11 Å². The highest BCUT2D eigenvalue weighted by Crippen LogP contribution is 2.35. The Bertz CT molecular complexity index is 543. The van der Waals surface area contributed by atoms with Crippen molar-refractivity contribution in [2.24, 2.45) is 0 Å². The molecular formula is C15H16O3S. The molecule has 4 heteroatoms. The van der Waals surface area contributed by atoms with E-state index in [1.165, 1.54) is 11.3 Å². The van der Waals surface area contributed by atoms with E-state index in [-0.39, 0.29) is 0 Å². The Hall–Kier alpha value is -1.52. The van der Waals surface area contributed by atoms with E-state index in [0.29, 0.717) is 6.10 Å². The highest BCUT2D eigenvalue weighted by atomic mass is 32.1. The maximum Gasteiger partial charge on any atom is 0.135 e. The van der Waals surface area contributed by atoms with Crippen LogP contribution >= 0.6 is 11.3 Å². The van der Waals surface area contributed by atoms with Gasteiger partial charge in [0.05, 0.1) is 18.1 Å². The van der Waals surface area contributed by atoms with E-state index in [4.69, 9.17) is 9.47 Å². The van der Waals surface area contributed by atoms with Crippen LogP contribution in [-0.2, 0) is 0 Å². The van der Waals surface area contributed by atoms with Gasteiger partial charge in [-0.05, 0) is 42.0 Å². The fourth-order valence-corrected chi connectivity index (χ4v) is 2.81. The fraction of sp³-hybridized carbons (Fsp3) is 0.333. The zero-order valence-electron chi connectivity index (χ0n) is 10.7. The number of hydrogen-bond donors (Lipinski definition) is 1. The Kier molecular flexibility index (Phi) is 3.44. The minimum absolute atomic E-state index is 0.396. The van der Waals surface area contributed by atoms with Gasteiger partial charge in [0.15, 0.2) is 0 Å². The van der Waals surface area contributed by atoms with Crippen LogP contribution in [0.4, 0.5) is 0 Å². The molecule has 0 bridgehead atoms. The summed E-state index contributed by atoms with van der Waals surface area (Å²) in [6.07, 6.45) is 2.05. The lowest BCUT2D eigenvalue weighted by Gasteiger charge is -2.12. The monoisotopic (exact) mass is 276 g/mol. The second-order valence-electron chi connectivity index (χ2n) is 4.64. The molecule has 1 fully saturated rings. The fourth-order valence-electron chi connectivity index (χ4n) is 1.94. The predicted octanol–water partition coefficient (Wildman–Crippen LogP) is 3.38. The number of thiophene rings is 1. The molecule has 0 radical (unpaired) electrons. The molecule has 1 aromatic heterocycles. The van der Waals surface area contributed by atoms with Crippen molar-refractivity contribution < 1.29 is 14.6 Å². The first-order chi connectivity index (χ1) is 9.28. The SMILES string of the molecule is COc1ccsc1C(O)c1ccc(OC2CC2)cc1. The van der Waals surface area contributed by atoms with Crippen molar-refractivity contribution >= 4 is 11.3 Å². The second-order valence-corrected chi connectivity index (χ2v) is 5.59. The predicted molar refractivity (Wildman–Crippen MR) is 75.0 cm³/mol. The van der Waals surface area contributed by atoms with E-state index in [9.17, 15) is 5.11 Å². The maximum absolute atomic E-state index is 10.4. The number of hydrogen-bond acceptors (Lipinski definition) is 4. The third-order valence-electron chi connectivity index (χ3n) is 3.15. The van der Waals surface area contributed by atoms with E-state index in [0.717, 1.165) is 34.8 Å². The smallest absolute Gasteiger partial charge is 0.135 e. The summed E-state index contributed by atoms with van der Waals surface area (Å²) in [7, 11) is 1.62. The molecule has 1 atom stereocenters. The topological polar surface area (TPSA) is 38.7 Å². The quantitative estimate of drug-likeness (QED) is 0.910. The van der Waals surface area contributed by atoms with Gasteiger partial charge in [-0.3, -0.25) is 0 Å². The number of benzene rings is 1. The molecule has 0 saturated heterocycles. The van der Waals surface area contributed by atoms with Gasteiger partial charge in [-0.1, -0.05) is 12.1 Å². The number of rotatable bonds is 5. The van der Waals surface area contributed by atoms with Gasteiger partial charge in [0.2, 0.25) is 0 Å². The number of aliphatic hydroxyl groups excluding tert-OH is 1. The van der Waals surface area contributed by atoms with Gasteiger partial charge < -0.3 is 14.6 Å². The average molecular weight is 276 g/mol. The lowest BCUT2D eigenvalue weighted by molar-refractivity contribution is 0.219. The van der Waals surface area contributed by atoms with Crippen molar-refractivity contribution in [3.8, 4) is 11.5 Å². The van der Waals surface area contributed by atoms with Gasteiger partial charge in [0.1, 0.15) is 17.6 Å². The molecule has 0 amide bonds. The average Bonchev–Trinajstić information content (AvgIpc) is 3.12. The molecule has 1 aliphatic rings. The van der Waals surface area contributed by atoms with E-state index in [1.807, 2.05) is 35.7 Å². The zero-order valence-corrected chi connectivity index (χ0v) is 11.5. The van der Waals surface area contributed by atoms with Gasteiger partial charge in [-0.2, -0.15) is 0 Å². The number of aliphatic hydroxyl groups is 1. The molecule has 1 aromatic carbocycles. The molecule has 100 valence electrons. The van der Waals surface area contributed by atoms with E-state index in [1.54, 1.807) is 7.11 Å². The Morgan fingerprint density at radius 2 is 1.95 bits per heavy atom. The Labute approximate surface area is 116 Å². The number of ether oxygens (including phenoxy) is 2. The van der Waals surface area contributed by atoms with Crippen LogP contribution in [0.15, 0.2) is 35.7 Å². The van der Waals surface area contributed by atoms with Gasteiger partial charge in [-0.15, -0.1) is 11.3 Å². The largest absolute Gasteiger partial charge is 0.495 e. The van der Waals surface area contributed by atoms with Crippen molar-refractivity contribution in [3.05, 3.63) is 46.2 Å². The first kappa shape index (κ1) is 12.5. The molecular weight excluding hydrogens is 260 g/mol. The summed E-state index contributed by atoms with van der Waals surface area (Å²) in [4.78, 5) is 0.832. The molecule has 3 nitrogen and oxygen atoms in total. The Morgan fingerprint density at radius 1 is 1.21 bits per heavy atom. The molecule has 19 heavy (non-hydrogen) atoms. The second kappa shape index (κ2) is 5.23. The van der Waals surface area contributed by atoms with E-state index in [2.05, 4.69) is 0 Å². The van der Waals surface area contributed by atoms with E-state index < -0.39 is 6.10 Å². The maximum atomic E-state index is 10.4. The molecule has 2 aromatic rings. The molecule has 0 aliphatic heterocycles. The first-order valence-electron chi connectivity index (χ1n) is 6.34. The van der Waals surface area contributed by atoms with Crippen LogP contribution in [0.25, 0.3) is 0 Å². The molecule has 1 N–H and O–H groups in total. The lowest BCUT2D eigenvalue weighted by atomic mass is 10.1. The van der Waals surface area contributed by atoms with Crippen LogP contribution in [0.1, 0.15) is 29.4 Å². The van der Waals surface area contributed by atoms with Crippen molar-refractivity contribution in [1.29, 1.82) is 0 Å². The summed E-state index contributed by atoms with van der Waals surface area (Å²) in [5.41, 5.74) is 0.851. The molecule has 1 heterocycles. The molecule has 1 unspecified atom stereocenters. The summed E-state index contributed by atoms with van der Waals surface area (Å²) in [5, 5.41) is 12.3. The zero-order chi connectivity index (χ0) is 13.2. The van der Waals surface area contributed by atoms with Gasteiger partial charge in [0, 0.05) is 0 Å². The van der Waals surface area contributed by atoms with Crippen molar-refractivity contribution in [3.63, 3.8) is 0 Å². The highest BCUT2D eigenvalue weighted by molar-refractivity contribution is 7.10. The van der Waals surface area contributed by atoms with Crippen LogP contribution in [0.3, 0.4) is 0 Å². The number of methoxy groups -OCH3 is 1. The van der Waals surface area contributed by atoms with Crippen molar-refractivity contribution in [1.82, 2.24) is 0 Å². The van der Waals surface area contributed by atoms with Crippen LogP contribution in [0, 0.1) is 0 Å². The summed E-state index contributed by atoms with van der Waals surface area (Å²) in [5.74, 6) is 1.60. The molecule has 1 aliphatic carbocycles. The summed E-state index contributed by atoms with van der Waals surface area (Å²) >= 11 is 1.50. The summed E-state index contributed by atoms with van der Waals surface area (Å²) < 4.78 is 10.9. The van der Waals surface area contributed by atoms with Gasteiger partial charge in [-0.25, -0.2) is 0 Å². The van der Waals surface area contributed by atoms with Gasteiger partial charge in [0.25, 0.3) is 0 Å². The lowest BCUT2D eigenvalue weighted by Crippen LogP contribution is -2.00. The van der Waals surface area contributed by atoms with Gasteiger partial charge >= 0.3 is 0 Å². The van der Waals surface area contributed by atoms with Crippen LogP contribution < -0.4 is 9.47 Å². The first-order valence-corrected chi connectivity index (χ1v) is 7.22. The molecule has 0 spiro atoms. The third kappa shape index (κ3) is 2.74. The minimum atomic E-state index is -0.648. The Balaban J connectivity index is 1.77. The molecule has 3 rings (SSSR count). The third-order valence-corrected chi connectivity index (χ3v) is 4.10. The highest BCUT2D eigenvalue weighted by Gasteiger charge is 2.23.